The summed E-state index contributed by atoms with van der Waals surface area (Å²) in [5.41, 5.74) is 0.925. The normalized spacial score (nSPS) is 16.4. The maximum atomic E-state index is 9.04. The number of rotatable bonds is 5. The van der Waals surface area contributed by atoms with Gasteiger partial charge in [0.25, 0.3) is 0 Å². The summed E-state index contributed by atoms with van der Waals surface area (Å²) in [5.74, 6) is 1.47. The summed E-state index contributed by atoms with van der Waals surface area (Å²) in [4.78, 5) is 9.26. The number of fused-ring (bicyclic) bond motifs is 1. The van der Waals surface area contributed by atoms with Crippen LogP contribution in [0.1, 0.15) is 38.5 Å². The summed E-state index contributed by atoms with van der Waals surface area (Å²) in [6.07, 6.45) is 7.60. The number of anilines is 2. The number of aliphatic hydroxyl groups excluding tert-OH is 1. The Bertz CT molecular complexity index is 609. The Kier molecular flexibility index (Phi) is 5.06. The van der Waals surface area contributed by atoms with Crippen LogP contribution in [-0.2, 0) is 0 Å². The van der Waals surface area contributed by atoms with Crippen molar-refractivity contribution >= 4 is 22.7 Å². The Hall–Kier alpha value is -1.88. The van der Waals surface area contributed by atoms with E-state index in [0.717, 1.165) is 16.7 Å². The lowest BCUT2D eigenvalue weighted by Crippen LogP contribution is -2.20. The lowest BCUT2D eigenvalue weighted by atomic mass is 10.1. The fraction of sp³-hybridized carbons (Fsp3) is 0.529. The molecule has 0 saturated heterocycles. The highest BCUT2D eigenvalue weighted by Gasteiger charge is 2.14. The molecule has 5 heteroatoms. The van der Waals surface area contributed by atoms with Crippen LogP contribution in [0.4, 0.5) is 11.8 Å². The van der Waals surface area contributed by atoms with Gasteiger partial charge in [-0.25, -0.2) is 4.98 Å². The molecule has 1 aromatic heterocycles. The van der Waals surface area contributed by atoms with Crippen LogP contribution >= 0.6 is 0 Å². The van der Waals surface area contributed by atoms with Crippen molar-refractivity contribution in [1.82, 2.24) is 9.97 Å². The Morgan fingerprint density at radius 3 is 2.59 bits per heavy atom. The topological polar surface area (TPSA) is 70.1 Å². The minimum absolute atomic E-state index is 0.0870. The minimum atomic E-state index is 0.0870. The largest absolute Gasteiger partial charge is 0.395 e. The Morgan fingerprint density at radius 2 is 1.82 bits per heavy atom. The number of nitrogens with zero attached hydrogens (tertiary/aromatic N) is 2. The number of hydrogen-bond acceptors (Lipinski definition) is 5. The van der Waals surface area contributed by atoms with Crippen LogP contribution in [0.5, 0.6) is 0 Å². The van der Waals surface area contributed by atoms with Gasteiger partial charge in [0, 0.05) is 18.0 Å². The van der Waals surface area contributed by atoms with Crippen molar-refractivity contribution in [2.24, 2.45) is 0 Å². The summed E-state index contributed by atoms with van der Waals surface area (Å²) < 4.78 is 0. The number of benzene rings is 1. The average Bonchev–Trinajstić information content (AvgIpc) is 2.81. The molecule has 0 spiro atoms. The Labute approximate surface area is 131 Å². The molecular formula is C17H24N4O. The summed E-state index contributed by atoms with van der Waals surface area (Å²) in [6.45, 7) is 0.577. The first-order valence-electron chi connectivity index (χ1n) is 8.25. The van der Waals surface area contributed by atoms with Gasteiger partial charge in [-0.1, -0.05) is 37.8 Å². The van der Waals surface area contributed by atoms with Gasteiger partial charge < -0.3 is 15.7 Å². The second-order valence-electron chi connectivity index (χ2n) is 5.90. The Morgan fingerprint density at radius 1 is 1.05 bits per heavy atom. The first kappa shape index (κ1) is 15.0. The molecule has 1 aliphatic carbocycles. The van der Waals surface area contributed by atoms with Gasteiger partial charge in [0.05, 0.1) is 12.1 Å². The van der Waals surface area contributed by atoms with E-state index < -0.39 is 0 Å². The van der Waals surface area contributed by atoms with Crippen molar-refractivity contribution < 1.29 is 5.11 Å². The first-order valence-corrected chi connectivity index (χ1v) is 8.25. The molecule has 22 heavy (non-hydrogen) atoms. The summed E-state index contributed by atoms with van der Waals surface area (Å²) >= 11 is 0. The smallest absolute Gasteiger partial charge is 0.225 e. The molecule has 0 unspecified atom stereocenters. The fourth-order valence-corrected chi connectivity index (χ4v) is 3.06. The monoisotopic (exact) mass is 300 g/mol. The van der Waals surface area contributed by atoms with Gasteiger partial charge in [-0.3, -0.25) is 0 Å². The molecule has 1 heterocycles. The van der Waals surface area contributed by atoms with Gasteiger partial charge in [0.2, 0.25) is 5.95 Å². The number of nitrogens with one attached hydrogen (secondary N) is 2. The van der Waals surface area contributed by atoms with Crippen LogP contribution in [0.25, 0.3) is 10.9 Å². The van der Waals surface area contributed by atoms with Crippen LogP contribution < -0.4 is 10.6 Å². The van der Waals surface area contributed by atoms with Crippen LogP contribution in [0, 0.1) is 0 Å². The van der Waals surface area contributed by atoms with Crippen molar-refractivity contribution in [3.8, 4) is 0 Å². The number of hydrogen-bond donors (Lipinski definition) is 3. The van der Waals surface area contributed by atoms with E-state index in [1.807, 2.05) is 24.3 Å². The standard InChI is InChI=1S/C17H24N4O/c22-12-11-18-16-14-9-5-6-10-15(14)20-17(21-16)19-13-7-3-1-2-4-8-13/h5-6,9-10,13,22H,1-4,7-8,11-12H2,(H2,18,19,20,21). The molecule has 5 nitrogen and oxygen atoms in total. The van der Waals surface area contributed by atoms with Gasteiger partial charge in [-0.2, -0.15) is 4.98 Å². The molecule has 2 aromatic rings. The predicted molar refractivity (Wildman–Crippen MR) is 90.2 cm³/mol. The molecule has 1 aromatic carbocycles. The van der Waals surface area contributed by atoms with Crippen LogP contribution in [-0.4, -0.2) is 34.3 Å². The van der Waals surface area contributed by atoms with Crippen molar-refractivity contribution in [2.75, 3.05) is 23.8 Å². The zero-order chi connectivity index (χ0) is 15.2. The lowest BCUT2D eigenvalue weighted by Gasteiger charge is -2.17. The molecular weight excluding hydrogens is 276 g/mol. The zero-order valence-corrected chi connectivity index (χ0v) is 12.9. The maximum Gasteiger partial charge on any atom is 0.225 e. The SMILES string of the molecule is OCCNc1nc(NC2CCCCCC2)nc2ccccc12. The average molecular weight is 300 g/mol. The number of aliphatic hydroxyl groups is 1. The van der Waals surface area contributed by atoms with E-state index in [0.29, 0.717) is 18.5 Å². The molecule has 3 rings (SSSR count). The molecule has 1 saturated carbocycles. The third-order valence-electron chi connectivity index (χ3n) is 4.20. The molecule has 0 amide bonds. The Balaban J connectivity index is 1.85. The van der Waals surface area contributed by atoms with E-state index in [9.17, 15) is 0 Å². The molecule has 1 aliphatic rings. The van der Waals surface area contributed by atoms with Gasteiger partial charge in [0.1, 0.15) is 5.82 Å². The van der Waals surface area contributed by atoms with E-state index in [1.54, 1.807) is 0 Å². The highest BCUT2D eigenvalue weighted by atomic mass is 16.3. The fourth-order valence-electron chi connectivity index (χ4n) is 3.06. The lowest BCUT2D eigenvalue weighted by molar-refractivity contribution is 0.311. The quantitative estimate of drug-likeness (QED) is 0.740. The summed E-state index contributed by atoms with van der Waals surface area (Å²) in [6, 6.07) is 8.44. The third kappa shape index (κ3) is 3.65. The van der Waals surface area contributed by atoms with Gasteiger partial charge in [-0.05, 0) is 25.0 Å². The highest BCUT2D eigenvalue weighted by molar-refractivity contribution is 5.90. The molecule has 0 aliphatic heterocycles. The van der Waals surface area contributed by atoms with E-state index >= 15 is 0 Å². The molecule has 3 N–H and O–H groups in total. The second kappa shape index (κ2) is 7.40. The van der Waals surface area contributed by atoms with Crippen molar-refractivity contribution in [2.45, 2.75) is 44.6 Å². The van der Waals surface area contributed by atoms with Crippen LogP contribution in [0.3, 0.4) is 0 Å². The molecule has 0 bridgehead atoms. The number of aromatic nitrogens is 2. The van der Waals surface area contributed by atoms with Crippen molar-refractivity contribution in [3.63, 3.8) is 0 Å². The van der Waals surface area contributed by atoms with E-state index in [-0.39, 0.29) is 6.61 Å². The van der Waals surface area contributed by atoms with Gasteiger partial charge in [0.15, 0.2) is 0 Å². The molecule has 1 fully saturated rings. The van der Waals surface area contributed by atoms with Crippen LogP contribution in [0.2, 0.25) is 0 Å². The summed E-state index contributed by atoms with van der Waals surface area (Å²) in [7, 11) is 0. The first-order chi connectivity index (χ1) is 10.9. The molecule has 118 valence electrons. The van der Waals surface area contributed by atoms with E-state index in [4.69, 9.17) is 5.11 Å². The van der Waals surface area contributed by atoms with E-state index in [1.165, 1.54) is 38.5 Å². The predicted octanol–water partition coefficient (Wildman–Crippen LogP) is 3.17. The molecule has 0 atom stereocenters. The third-order valence-corrected chi connectivity index (χ3v) is 4.20. The van der Waals surface area contributed by atoms with Gasteiger partial charge >= 0.3 is 0 Å². The zero-order valence-electron chi connectivity index (χ0n) is 12.9. The number of para-hydroxylation sites is 1. The van der Waals surface area contributed by atoms with Crippen molar-refractivity contribution in [1.29, 1.82) is 0 Å². The highest BCUT2D eigenvalue weighted by Crippen LogP contribution is 2.24. The van der Waals surface area contributed by atoms with Crippen molar-refractivity contribution in [3.05, 3.63) is 24.3 Å². The van der Waals surface area contributed by atoms with E-state index in [2.05, 4.69) is 20.6 Å². The molecule has 0 radical (unpaired) electrons. The van der Waals surface area contributed by atoms with Gasteiger partial charge in [-0.15, -0.1) is 0 Å². The van der Waals surface area contributed by atoms with Crippen LogP contribution in [0.15, 0.2) is 24.3 Å². The summed E-state index contributed by atoms with van der Waals surface area (Å²) in [5, 5.41) is 16.7. The minimum Gasteiger partial charge on any atom is -0.395 e. The second-order valence-corrected chi connectivity index (χ2v) is 5.90. The maximum absolute atomic E-state index is 9.04.